The van der Waals surface area contributed by atoms with Crippen LogP contribution >= 0.6 is 34.8 Å². The highest BCUT2D eigenvalue weighted by atomic mass is 35.5. The van der Waals surface area contributed by atoms with E-state index in [-0.39, 0.29) is 47.4 Å². The van der Waals surface area contributed by atoms with Crippen LogP contribution in [0.25, 0.3) is 0 Å². The lowest BCUT2D eigenvalue weighted by atomic mass is 9.49. The zero-order valence-corrected chi connectivity index (χ0v) is 31.2. The average Bonchev–Trinajstić information content (AvgIpc) is 3.53. The van der Waals surface area contributed by atoms with Crippen LogP contribution in [0, 0.1) is 23.7 Å². The molecule has 4 amide bonds. The highest BCUT2D eigenvalue weighted by Gasteiger charge is 2.70. The Kier molecular flexibility index (Phi) is 9.33. The van der Waals surface area contributed by atoms with Gasteiger partial charge in [-0.05, 0) is 84.8 Å². The minimum Gasteiger partial charge on any atom is -0.508 e. The number of hydrogen-bond acceptors (Lipinski definition) is 8. The highest BCUT2D eigenvalue weighted by Crippen LogP contribution is 2.65. The molecule has 4 aliphatic rings. The minimum atomic E-state index is -4.77. The summed E-state index contributed by atoms with van der Waals surface area (Å²) >= 11 is 19.1. The first-order valence-electron chi connectivity index (χ1n) is 17.6. The van der Waals surface area contributed by atoms with Crippen molar-refractivity contribution in [3.63, 3.8) is 0 Å². The Morgan fingerprint density at radius 2 is 1.55 bits per heavy atom. The topological polar surface area (TPSA) is 140 Å². The summed E-state index contributed by atoms with van der Waals surface area (Å²) in [4.78, 5) is 63.4. The van der Waals surface area contributed by atoms with Gasteiger partial charge in [-0.25, -0.2) is 4.98 Å². The molecule has 6 atom stereocenters. The van der Waals surface area contributed by atoms with E-state index in [9.17, 15) is 37.8 Å². The molecular weight excluding hydrogens is 796 g/mol. The lowest BCUT2D eigenvalue weighted by Gasteiger charge is -2.50. The Morgan fingerprint density at radius 3 is 2.23 bits per heavy atom. The van der Waals surface area contributed by atoms with Crippen molar-refractivity contribution in [2.75, 3.05) is 12.0 Å². The van der Waals surface area contributed by atoms with E-state index in [0.29, 0.717) is 39.9 Å². The molecule has 2 saturated heterocycles. The van der Waals surface area contributed by atoms with Crippen LogP contribution in [0.1, 0.15) is 41.0 Å². The molecular formula is C40H30Cl3F3N4O6. The predicted octanol–water partition coefficient (Wildman–Crippen LogP) is 7.70. The van der Waals surface area contributed by atoms with E-state index in [2.05, 4.69) is 10.4 Å². The second-order valence-electron chi connectivity index (χ2n) is 14.4. The summed E-state index contributed by atoms with van der Waals surface area (Å²) in [5.41, 5.74) is 1.45. The zero-order valence-electron chi connectivity index (χ0n) is 28.9. The summed E-state index contributed by atoms with van der Waals surface area (Å²) in [5, 5.41) is 21.9. The van der Waals surface area contributed by atoms with Gasteiger partial charge in [0.1, 0.15) is 11.5 Å². The number of imide groups is 2. The van der Waals surface area contributed by atoms with Gasteiger partial charge in [-0.3, -0.25) is 29.5 Å². The number of nitrogens with zero attached hydrogens (tertiary/aromatic N) is 3. The second-order valence-corrected chi connectivity index (χ2v) is 15.6. The Labute approximate surface area is 332 Å². The highest BCUT2D eigenvalue weighted by molar-refractivity contribution is 6.33. The predicted molar refractivity (Wildman–Crippen MR) is 199 cm³/mol. The third kappa shape index (κ3) is 5.98. The number of allylic oxidation sites excluding steroid dienone is 2. The molecule has 288 valence electrons. The number of hydrazine groups is 1. The van der Waals surface area contributed by atoms with Gasteiger partial charge < -0.3 is 10.2 Å². The molecule has 3 N–H and O–H groups in total. The summed E-state index contributed by atoms with van der Waals surface area (Å²) < 4.78 is 40.4. The quantitative estimate of drug-likeness (QED) is 0.127. The number of fused-ring (bicyclic) bond motifs is 4. The Bertz CT molecular complexity index is 2340. The number of aromatic nitrogens is 1. The van der Waals surface area contributed by atoms with Crippen LogP contribution in [0.5, 0.6) is 11.5 Å². The number of anilines is 1. The van der Waals surface area contributed by atoms with Crippen LogP contribution < -0.4 is 5.43 Å². The Morgan fingerprint density at radius 1 is 0.857 bits per heavy atom. The zero-order chi connectivity index (χ0) is 39.8. The second kappa shape index (κ2) is 13.8. The van der Waals surface area contributed by atoms with E-state index >= 15 is 4.79 Å². The van der Waals surface area contributed by atoms with Crippen molar-refractivity contribution in [1.29, 1.82) is 0 Å². The van der Waals surface area contributed by atoms with Crippen LogP contribution in [0.2, 0.25) is 15.1 Å². The Balaban J connectivity index is 1.26. The number of pyridine rings is 1. The first kappa shape index (κ1) is 37.8. The molecule has 3 heterocycles. The number of carbonyl (C=O) groups is 4. The lowest BCUT2D eigenvalue weighted by molar-refractivity contribution is -0.141. The molecule has 3 fully saturated rings. The fraction of sp³-hybridized carbons (Fsp3) is 0.275. The first-order chi connectivity index (χ1) is 26.6. The largest absolute Gasteiger partial charge is 0.508 e. The van der Waals surface area contributed by atoms with E-state index in [1.54, 1.807) is 36.4 Å². The fourth-order valence-corrected chi connectivity index (χ4v) is 9.59. The van der Waals surface area contributed by atoms with Gasteiger partial charge in [-0.1, -0.05) is 70.7 Å². The van der Waals surface area contributed by atoms with Crippen molar-refractivity contribution >= 4 is 64.2 Å². The molecule has 4 aromatic rings. The van der Waals surface area contributed by atoms with E-state index in [4.69, 9.17) is 34.8 Å². The van der Waals surface area contributed by atoms with Gasteiger partial charge in [-0.2, -0.15) is 18.2 Å². The molecule has 3 aromatic carbocycles. The van der Waals surface area contributed by atoms with Gasteiger partial charge >= 0.3 is 6.18 Å². The van der Waals surface area contributed by atoms with Crippen molar-refractivity contribution in [3.05, 3.63) is 128 Å². The van der Waals surface area contributed by atoms with Crippen molar-refractivity contribution in [3.8, 4) is 11.5 Å². The van der Waals surface area contributed by atoms with E-state index in [0.717, 1.165) is 5.56 Å². The number of phenols is 2. The van der Waals surface area contributed by atoms with Gasteiger partial charge in [0.05, 0.1) is 33.8 Å². The van der Waals surface area contributed by atoms with Gasteiger partial charge in [0, 0.05) is 34.3 Å². The van der Waals surface area contributed by atoms with Gasteiger partial charge in [0.25, 0.3) is 11.8 Å². The number of phenolic OH excluding ortho intramolecular Hbond substituents is 2. The molecule has 1 aromatic heterocycles. The molecule has 1 saturated carbocycles. The molecule has 0 spiro atoms. The third-order valence-electron chi connectivity index (χ3n) is 11.5. The van der Waals surface area contributed by atoms with Crippen LogP contribution in [0.15, 0.2) is 90.6 Å². The molecule has 10 nitrogen and oxygen atoms in total. The Hall–Kier alpha value is -5.11. The molecule has 56 heavy (non-hydrogen) atoms. The fourth-order valence-electron chi connectivity index (χ4n) is 9.07. The molecule has 0 radical (unpaired) electrons. The minimum absolute atomic E-state index is 0.0736. The maximum Gasteiger partial charge on any atom is 0.417 e. The molecule has 6 unspecified atom stereocenters. The van der Waals surface area contributed by atoms with Gasteiger partial charge in [0.2, 0.25) is 11.8 Å². The van der Waals surface area contributed by atoms with Crippen molar-refractivity contribution < 1.29 is 42.6 Å². The summed E-state index contributed by atoms with van der Waals surface area (Å²) in [7, 11) is 0. The number of carbonyl (C=O) groups excluding carboxylic acids is 4. The standard InChI is InChI=1S/C40H30Cl3F3N4O6/c41-22-5-3-20(4-6-22)39-29(36(54)50(38(39)56)48-34-30(43)15-21(18-47-34)40(44,45)46)17-27-25(33(39)28-16-23(42)7-12-31(28)52)10-11-26-32(27)37(55)49(35(26)53)14-13-19-1-8-24(51)9-2-19/h1-10,12,15-16,18,26-27,29,32-33,51-52H,11,13-14,17H2,(H,47,48). The van der Waals surface area contributed by atoms with Crippen LogP contribution in [0.4, 0.5) is 19.0 Å². The summed E-state index contributed by atoms with van der Waals surface area (Å²) in [6, 6.07) is 17.6. The van der Waals surface area contributed by atoms with E-state index < -0.39 is 75.3 Å². The van der Waals surface area contributed by atoms with E-state index in [1.807, 2.05) is 6.08 Å². The average molecular weight is 826 g/mol. The SMILES string of the molecule is O=C1C2CC=C3C(CC4C(=O)N(Nc5ncc(C(F)(F)F)cc5Cl)C(=O)C4(c4ccc(Cl)cc4)C3c3cc(Cl)ccc3O)C2C(=O)N1CCc1ccc(O)cc1. The molecule has 8 rings (SSSR count). The normalized spacial score (nSPS) is 25.9. The number of aromatic hydroxyl groups is 2. The number of amides is 4. The van der Waals surface area contributed by atoms with Gasteiger partial charge in [0.15, 0.2) is 5.82 Å². The summed E-state index contributed by atoms with van der Waals surface area (Å²) in [6.07, 6.45) is -2.07. The number of rotatable bonds is 7. The van der Waals surface area contributed by atoms with Crippen molar-refractivity contribution in [2.24, 2.45) is 23.7 Å². The van der Waals surface area contributed by atoms with Crippen LogP contribution in [-0.4, -0.2) is 55.3 Å². The number of benzene rings is 3. The smallest absolute Gasteiger partial charge is 0.417 e. The summed E-state index contributed by atoms with van der Waals surface area (Å²) in [5.74, 6) is -7.83. The monoisotopic (exact) mass is 824 g/mol. The lowest BCUT2D eigenvalue weighted by Crippen LogP contribution is -2.53. The first-order valence-corrected chi connectivity index (χ1v) is 18.7. The maximum absolute atomic E-state index is 15.3. The number of nitrogens with one attached hydrogen (secondary N) is 1. The number of likely N-dealkylation sites (tertiary alicyclic amines) is 1. The molecule has 2 aliphatic carbocycles. The molecule has 16 heteroatoms. The summed E-state index contributed by atoms with van der Waals surface area (Å²) in [6.45, 7) is 0.0736. The van der Waals surface area contributed by atoms with Gasteiger partial charge in [-0.15, -0.1) is 0 Å². The van der Waals surface area contributed by atoms with E-state index in [1.165, 1.54) is 35.2 Å². The van der Waals surface area contributed by atoms with Crippen molar-refractivity contribution in [2.45, 2.75) is 36.8 Å². The number of alkyl halides is 3. The van der Waals surface area contributed by atoms with Crippen LogP contribution in [-0.2, 0) is 37.2 Å². The molecule has 0 bridgehead atoms. The maximum atomic E-state index is 15.3. The number of halogens is 6. The third-order valence-corrected chi connectivity index (χ3v) is 12.3. The van der Waals surface area contributed by atoms with Crippen LogP contribution in [0.3, 0.4) is 0 Å². The number of hydrogen-bond donors (Lipinski definition) is 3. The molecule has 2 aliphatic heterocycles. The van der Waals surface area contributed by atoms with Crippen molar-refractivity contribution in [1.82, 2.24) is 14.9 Å².